The molecule has 1 aromatic carbocycles. The van der Waals surface area contributed by atoms with Gasteiger partial charge in [-0.3, -0.25) is 4.79 Å². The van der Waals surface area contributed by atoms with Gasteiger partial charge in [-0.15, -0.1) is 10.2 Å². The van der Waals surface area contributed by atoms with E-state index in [1.54, 1.807) is 0 Å². The summed E-state index contributed by atoms with van der Waals surface area (Å²) in [5, 5.41) is 10.5. The van der Waals surface area contributed by atoms with Gasteiger partial charge in [0.1, 0.15) is 17.2 Å². The summed E-state index contributed by atoms with van der Waals surface area (Å²) in [5.41, 5.74) is -0.626. The van der Waals surface area contributed by atoms with E-state index in [0.29, 0.717) is 5.22 Å². The van der Waals surface area contributed by atoms with Crippen LogP contribution in [0.2, 0.25) is 0 Å². The lowest BCUT2D eigenvalue weighted by Crippen LogP contribution is -3.11. The molecule has 1 aromatic heterocycles. The lowest BCUT2D eigenvalue weighted by atomic mass is 10.2. The molecule has 0 spiro atoms. The van der Waals surface area contributed by atoms with Crippen LogP contribution < -0.4 is 10.2 Å². The average Bonchev–Trinajstić information content (AvgIpc) is 3.04. The molecule has 1 amide bonds. The Morgan fingerprint density at radius 2 is 1.92 bits per heavy atom. The van der Waals surface area contributed by atoms with Crippen LogP contribution in [0.15, 0.2) is 27.8 Å². The fraction of sp³-hybridized carbons (Fsp3) is 0.438. The van der Waals surface area contributed by atoms with Crippen molar-refractivity contribution < 1.29 is 22.9 Å². The largest absolute Gasteiger partial charge is 0.414 e. The highest BCUT2D eigenvalue weighted by atomic mass is 32.2. The van der Waals surface area contributed by atoms with Crippen LogP contribution in [0.1, 0.15) is 30.1 Å². The first-order valence-corrected chi connectivity index (χ1v) is 9.04. The van der Waals surface area contributed by atoms with Crippen LogP contribution >= 0.6 is 11.8 Å². The predicted octanol–water partition coefficient (Wildman–Crippen LogP) is 1.29. The summed E-state index contributed by atoms with van der Waals surface area (Å²) in [4.78, 5) is 13.4. The summed E-state index contributed by atoms with van der Waals surface area (Å²) in [6.07, 6.45) is 0. The first-order chi connectivity index (χ1) is 12.0. The van der Waals surface area contributed by atoms with Gasteiger partial charge in [0.25, 0.3) is 11.1 Å². The molecule has 25 heavy (non-hydrogen) atoms. The number of nitrogens with zero attached hydrogens (tertiary/aromatic N) is 2. The third kappa shape index (κ3) is 5.50. The lowest BCUT2D eigenvalue weighted by molar-refractivity contribution is -0.893. The number of hydrogen-bond donors (Lipinski definition) is 2. The van der Waals surface area contributed by atoms with Crippen molar-refractivity contribution in [1.82, 2.24) is 15.5 Å². The number of hydrogen-bond acceptors (Lipinski definition) is 5. The number of carbonyl (C=O) groups excluding carboxylic acids is 1. The van der Waals surface area contributed by atoms with E-state index in [0.717, 1.165) is 37.5 Å². The monoisotopic (exact) mass is 371 g/mol. The van der Waals surface area contributed by atoms with Gasteiger partial charge in [0, 0.05) is 0 Å². The summed E-state index contributed by atoms with van der Waals surface area (Å²) >= 11 is 1.44. The highest BCUT2D eigenvalue weighted by molar-refractivity contribution is 7.99. The summed E-state index contributed by atoms with van der Waals surface area (Å²) in [6, 6.07) is 3.25. The smallest absolute Gasteiger partial charge is 0.276 e. The van der Waals surface area contributed by atoms with Gasteiger partial charge in [0.15, 0.2) is 0 Å². The quantitative estimate of drug-likeness (QED) is 0.650. The van der Waals surface area contributed by atoms with E-state index in [-0.39, 0.29) is 12.4 Å². The van der Waals surface area contributed by atoms with Crippen LogP contribution in [0.4, 0.5) is 8.78 Å². The molecule has 0 fully saturated rings. The third-order valence-corrected chi connectivity index (χ3v) is 4.54. The molecular weight excluding hydrogens is 350 g/mol. The molecule has 2 N–H and O–H groups in total. The Morgan fingerprint density at radius 3 is 2.56 bits per heavy atom. The maximum Gasteiger partial charge on any atom is 0.276 e. The molecule has 0 atom stereocenters. The first kappa shape index (κ1) is 19.3. The van der Waals surface area contributed by atoms with Crippen LogP contribution in [-0.2, 0) is 6.54 Å². The van der Waals surface area contributed by atoms with Crippen LogP contribution in [0, 0.1) is 11.6 Å². The number of thioether (sulfide) groups is 1. The molecule has 2 rings (SSSR count). The Hall–Kier alpha value is -2.00. The Bertz CT molecular complexity index is 687. The van der Waals surface area contributed by atoms with E-state index in [2.05, 4.69) is 29.4 Å². The zero-order valence-electron chi connectivity index (χ0n) is 14.1. The Kier molecular flexibility index (Phi) is 7.32. The topological polar surface area (TPSA) is 72.5 Å². The highest BCUT2D eigenvalue weighted by Crippen LogP contribution is 2.15. The molecule has 0 aliphatic rings. The van der Waals surface area contributed by atoms with Crippen molar-refractivity contribution in [2.75, 3.05) is 25.4 Å². The molecule has 0 bridgehead atoms. The second-order valence-corrected chi connectivity index (χ2v) is 6.34. The van der Waals surface area contributed by atoms with Crippen molar-refractivity contribution in [3.05, 3.63) is 41.3 Å². The molecule has 0 radical (unpaired) electrons. The second kappa shape index (κ2) is 9.47. The number of aromatic nitrogens is 2. The van der Waals surface area contributed by atoms with Gasteiger partial charge in [-0.25, -0.2) is 8.78 Å². The summed E-state index contributed by atoms with van der Waals surface area (Å²) in [5.74, 6) is -1.68. The molecule has 9 heteroatoms. The zero-order chi connectivity index (χ0) is 18.2. The van der Waals surface area contributed by atoms with E-state index in [9.17, 15) is 13.6 Å². The Morgan fingerprint density at radius 1 is 1.24 bits per heavy atom. The van der Waals surface area contributed by atoms with Crippen LogP contribution in [0.3, 0.4) is 0 Å². The van der Waals surface area contributed by atoms with Gasteiger partial charge < -0.3 is 14.6 Å². The third-order valence-electron chi connectivity index (χ3n) is 3.72. The van der Waals surface area contributed by atoms with E-state index in [1.807, 2.05) is 0 Å². The minimum absolute atomic E-state index is 0.0958. The number of nitrogens with one attached hydrogen (secondary N) is 2. The maximum absolute atomic E-state index is 13.5. The van der Waals surface area contributed by atoms with E-state index in [4.69, 9.17) is 4.42 Å². The predicted molar refractivity (Wildman–Crippen MR) is 89.5 cm³/mol. The number of halogens is 2. The maximum atomic E-state index is 13.5. The van der Waals surface area contributed by atoms with Crippen molar-refractivity contribution in [3.8, 4) is 0 Å². The minimum atomic E-state index is -0.918. The van der Waals surface area contributed by atoms with Crippen LogP contribution in [0.5, 0.6) is 0 Å². The van der Waals surface area contributed by atoms with E-state index in [1.165, 1.54) is 22.7 Å². The van der Waals surface area contributed by atoms with Crippen molar-refractivity contribution >= 4 is 17.7 Å². The Balaban J connectivity index is 1.84. The van der Waals surface area contributed by atoms with Gasteiger partial charge >= 0.3 is 0 Å². The van der Waals surface area contributed by atoms with Crippen molar-refractivity contribution in [3.63, 3.8) is 0 Å². The standard InChI is InChI=1S/C16H20F2N4O2S/c1-3-22(4-2)8-9-25-16-21-20-13(24-16)10-19-15(23)14-11(17)6-5-7-12(14)18/h5-7H,3-4,8-10H2,1-2H3,(H,19,23)/p+1. The van der Waals surface area contributed by atoms with Gasteiger partial charge in [-0.05, 0) is 26.0 Å². The van der Waals surface area contributed by atoms with Gasteiger partial charge in [-0.1, -0.05) is 17.8 Å². The molecular formula is C16H21F2N4O2S+. The molecule has 1 heterocycles. The molecule has 0 saturated heterocycles. The molecule has 0 aliphatic carbocycles. The number of carbonyl (C=O) groups is 1. The second-order valence-electron chi connectivity index (χ2n) is 5.30. The molecule has 0 unspecified atom stereocenters. The van der Waals surface area contributed by atoms with E-state index >= 15 is 0 Å². The number of amides is 1. The molecule has 0 saturated carbocycles. The van der Waals surface area contributed by atoms with Crippen LogP contribution in [0.25, 0.3) is 0 Å². The summed E-state index contributed by atoms with van der Waals surface area (Å²) < 4.78 is 32.5. The summed E-state index contributed by atoms with van der Waals surface area (Å²) in [7, 11) is 0. The Labute approximate surface area is 149 Å². The lowest BCUT2D eigenvalue weighted by Gasteiger charge is -2.13. The fourth-order valence-corrected chi connectivity index (χ4v) is 3.03. The molecule has 0 aliphatic heterocycles. The van der Waals surface area contributed by atoms with Gasteiger partial charge in [-0.2, -0.15) is 0 Å². The minimum Gasteiger partial charge on any atom is -0.414 e. The van der Waals surface area contributed by atoms with E-state index < -0.39 is 23.1 Å². The molecule has 2 aromatic rings. The number of benzene rings is 1. The number of rotatable bonds is 9. The van der Waals surface area contributed by atoms with Gasteiger partial charge in [0.05, 0.1) is 31.9 Å². The first-order valence-electron chi connectivity index (χ1n) is 8.06. The summed E-state index contributed by atoms with van der Waals surface area (Å²) in [6.45, 7) is 7.28. The van der Waals surface area contributed by atoms with Crippen molar-refractivity contribution in [1.29, 1.82) is 0 Å². The van der Waals surface area contributed by atoms with Gasteiger partial charge in [0.2, 0.25) is 5.89 Å². The fourth-order valence-electron chi connectivity index (χ4n) is 2.21. The zero-order valence-corrected chi connectivity index (χ0v) is 15.0. The number of quaternary nitrogens is 1. The van der Waals surface area contributed by atoms with Crippen LogP contribution in [-0.4, -0.2) is 41.5 Å². The van der Waals surface area contributed by atoms with Crippen molar-refractivity contribution in [2.45, 2.75) is 25.6 Å². The van der Waals surface area contributed by atoms with Crippen molar-refractivity contribution in [2.24, 2.45) is 0 Å². The molecule has 136 valence electrons. The SMILES string of the molecule is CC[NH+](CC)CCSc1nnc(CNC(=O)c2c(F)cccc2F)o1. The normalized spacial score (nSPS) is 11.1. The molecule has 6 nitrogen and oxygen atoms in total. The average molecular weight is 371 g/mol. The highest BCUT2D eigenvalue weighted by Gasteiger charge is 2.17.